The summed E-state index contributed by atoms with van der Waals surface area (Å²) in [5.41, 5.74) is 0.527. The van der Waals surface area contributed by atoms with E-state index < -0.39 is 71.7 Å². The molecular weight excluding hydrogens is 630 g/mol. The second-order valence-corrected chi connectivity index (χ2v) is 11.6. The molecule has 47 heavy (non-hydrogen) atoms. The average Bonchev–Trinajstić information content (AvgIpc) is 3.44. The molecule has 0 spiro atoms. The first-order valence-electron chi connectivity index (χ1n) is 14.5. The summed E-state index contributed by atoms with van der Waals surface area (Å²) in [6.07, 6.45) is -1.86. The number of H-pyrrole nitrogens is 1. The minimum atomic E-state index is -3.44. The van der Waals surface area contributed by atoms with E-state index >= 15 is 8.78 Å². The van der Waals surface area contributed by atoms with Gasteiger partial charge in [0.2, 0.25) is 5.91 Å². The summed E-state index contributed by atoms with van der Waals surface area (Å²) in [6.45, 7) is -0.834. The van der Waals surface area contributed by atoms with E-state index in [1.807, 2.05) is 0 Å². The van der Waals surface area contributed by atoms with Crippen LogP contribution in [0.2, 0.25) is 0 Å². The van der Waals surface area contributed by atoms with Gasteiger partial charge in [0.05, 0.1) is 36.1 Å². The molecule has 0 saturated heterocycles. The van der Waals surface area contributed by atoms with Gasteiger partial charge in [0.15, 0.2) is 0 Å². The lowest BCUT2D eigenvalue weighted by atomic mass is 9.94. The highest BCUT2D eigenvalue weighted by Gasteiger charge is 2.67. The van der Waals surface area contributed by atoms with Crippen LogP contribution in [0.5, 0.6) is 0 Å². The van der Waals surface area contributed by atoms with E-state index in [4.69, 9.17) is 4.74 Å². The normalized spacial score (nSPS) is 18.2. The van der Waals surface area contributed by atoms with Crippen molar-refractivity contribution in [3.05, 3.63) is 100 Å². The molecule has 2 unspecified atom stereocenters. The molecule has 2 aliphatic carbocycles. The number of carbonyl (C=O) groups is 2. The van der Waals surface area contributed by atoms with E-state index in [1.54, 1.807) is 18.2 Å². The van der Waals surface area contributed by atoms with Gasteiger partial charge in [0.1, 0.15) is 35.1 Å². The van der Waals surface area contributed by atoms with Crippen LogP contribution in [-0.4, -0.2) is 43.9 Å². The maximum atomic E-state index is 15.2. The molecule has 1 amide bonds. The number of nitrogens with one attached hydrogen (secondary N) is 2. The van der Waals surface area contributed by atoms with E-state index in [0.717, 1.165) is 12.1 Å². The fraction of sp³-hybridized carbons (Fsp3) is 0.281. The number of nitrogens with zero attached hydrogens (tertiary/aromatic N) is 4. The largest absolute Gasteiger partial charge is 0.465 e. The number of alkyl halides is 4. The van der Waals surface area contributed by atoms with E-state index in [-0.39, 0.29) is 35.2 Å². The molecule has 15 heteroatoms. The van der Waals surface area contributed by atoms with Crippen LogP contribution < -0.4 is 5.32 Å². The molecule has 3 aromatic heterocycles. The fourth-order valence-electron chi connectivity index (χ4n) is 6.46. The summed E-state index contributed by atoms with van der Waals surface area (Å²) in [5.74, 6) is -8.56. The quantitative estimate of drug-likeness (QED) is 0.146. The molecule has 2 aromatic carbocycles. The number of aromatic nitrogens is 5. The smallest absolute Gasteiger partial charge is 0.337 e. The Morgan fingerprint density at radius 1 is 1.11 bits per heavy atom. The van der Waals surface area contributed by atoms with Gasteiger partial charge in [-0.15, -0.1) is 0 Å². The van der Waals surface area contributed by atoms with E-state index in [2.05, 4.69) is 25.6 Å². The average molecular weight is 655 g/mol. The number of amides is 1. The number of halogens is 6. The van der Waals surface area contributed by atoms with Gasteiger partial charge in [-0.05, 0) is 60.2 Å². The first kappa shape index (κ1) is 30.4. The molecule has 0 aliphatic heterocycles. The summed E-state index contributed by atoms with van der Waals surface area (Å²) < 4.78 is 92.0. The van der Waals surface area contributed by atoms with Crippen LogP contribution in [0.25, 0.3) is 22.2 Å². The molecule has 1 saturated carbocycles. The van der Waals surface area contributed by atoms with Gasteiger partial charge in [0, 0.05) is 23.1 Å². The highest BCUT2D eigenvalue weighted by atomic mass is 19.3. The SMILES string of the molecule is COC(=O)c1cccc(-c2cc3[nH]ncc3nc2C(Cc2cc(F)cc(F)c2)NC(=O)Cn2nc(C(F)F)c3c2C(F)(F)C2C[C@H]32)c1. The minimum absolute atomic E-state index is 0.0615. The highest BCUT2D eigenvalue weighted by molar-refractivity contribution is 5.92. The number of fused-ring (bicyclic) bond motifs is 4. The van der Waals surface area contributed by atoms with Gasteiger partial charge in [0.25, 0.3) is 12.3 Å². The zero-order chi connectivity index (χ0) is 33.2. The maximum absolute atomic E-state index is 15.2. The van der Waals surface area contributed by atoms with E-state index in [9.17, 15) is 27.2 Å². The van der Waals surface area contributed by atoms with Crippen LogP contribution >= 0.6 is 0 Å². The van der Waals surface area contributed by atoms with Crippen molar-refractivity contribution in [3.63, 3.8) is 0 Å². The van der Waals surface area contributed by atoms with Crippen molar-refractivity contribution in [2.75, 3.05) is 7.11 Å². The van der Waals surface area contributed by atoms with Crippen molar-refractivity contribution in [2.45, 2.75) is 43.7 Å². The van der Waals surface area contributed by atoms with E-state index in [0.29, 0.717) is 32.9 Å². The first-order valence-corrected chi connectivity index (χ1v) is 14.5. The second-order valence-electron chi connectivity index (χ2n) is 11.6. The molecule has 2 aliphatic rings. The van der Waals surface area contributed by atoms with Gasteiger partial charge in [-0.25, -0.2) is 27.3 Å². The van der Waals surface area contributed by atoms with Crippen molar-refractivity contribution in [1.29, 1.82) is 0 Å². The molecule has 7 rings (SSSR count). The Labute approximate surface area is 261 Å². The number of ether oxygens (including phenoxy) is 1. The van der Waals surface area contributed by atoms with Crippen LogP contribution in [0.15, 0.2) is 54.7 Å². The number of rotatable bonds is 9. The monoisotopic (exact) mass is 654 g/mol. The number of carbonyl (C=O) groups excluding carboxylic acids is 2. The van der Waals surface area contributed by atoms with Crippen LogP contribution in [-0.2, 0) is 28.4 Å². The molecule has 5 aromatic rings. The standard InChI is InChI=1S/C32H24F6N6O3/c1-47-31(46)16-4-2-3-15(8-16)19-11-22-24(12-39-42-22)41-27(19)23(7-14-5-17(33)9-18(34)6-14)40-25(45)13-44-29-26(28(43-44)30(35)36)20-10-21(20)32(29,37)38/h2-6,8-9,11-12,20-21,23,30H,7,10,13H2,1H3,(H,39,42)(H,40,45)/t20-,21?,23?/m0/s1. The number of methoxy groups -OCH3 is 1. The van der Waals surface area contributed by atoms with Gasteiger partial charge in [-0.3, -0.25) is 14.6 Å². The van der Waals surface area contributed by atoms with Crippen LogP contribution in [0.4, 0.5) is 26.3 Å². The summed E-state index contributed by atoms with van der Waals surface area (Å²) in [7, 11) is 1.22. The Bertz CT molecular complexity index is 2040. The molecule has 0 radical (unpaired) electrons. The van der Waals surface area contributed by atoms with Crippen LogP contribution in [0.3, 0.4) is 0 Å². The van der Waals surface area contributed by atoms with Crippen molar-refractivity contribution in [1.82, 2.24) is 30.3 Å². The van der Waals surface area contributed by atoms with Gasteiger partial charge in [-0.1, -0.05) is 12.1 Å². The third-order valence-corrected chi connectivity index (χ3v) is 8.54. The second kappa shape index (κ2) is 11.2. The van der Waals surface area contributed by atoms with Crippen molar-refractivity contribution >= 4 is 22.9 Å². The maximum Gasteiger partial charge on any atom is 0.337 e. The Balaban J connectivity index is 1.30. The Morgan fingerprint density at radius 2 is 1.87 bits per heavy atom. The number of benzene rings is 2. The summed E-state index contributed by atoms with van der Waals surface area (Å²) in [5, 5.41) is 13.2. The zero-order valence-electron chi connectivity index (χ0n) is 24.4. The molecular formula is C32H24F6N6O3. The molecule has 0 bridgehead atoms. The van der Waals surface area contributed by atoms with Gasteiger partial charge < -0.3 is 10.1 Å². The number of esters is 1. The molecule has 3 heterocycles. The Morgan fingerprint density at radius 3 is 2.60 bits per heavy atom. The molecule has 1 fully saturated rings. The minimum Gasteiger partial charge on any atom is -0.465 e. The van der Waals surface area contributed by atoms with Gasteiger partial charge in [-0.2, -0.15) is 19.0 Å². The fourth-order valence-corrected chi connectivity index (χ4v) is 6.46. The first-order chi connectivity index (χ1) is 22.4. The predicted molar refractivity (Wildman–Crippen MR) is 154 cm³/mol. The van der Waals surface area contributed by atoms with Gasteiger partial charge >= 0.3 is 5.97 Å². The third-order valence-electron chi connectivity index (χ3n) is 8.54. The molecule has 2 N–H and O–H groups in total. The lowest BCUT2D eigenvalue weighted by Crippen LogP contribution is -2.35. The van der Waals surface area contributed by atoms with Crippen molar-refractivity contribution in [3.8, 4) is 11.1 Å². The number of hydrogen-bond acceptors (Lipinski definition) is 6. The summed E-state index contributed by atoms with van der Waals surface area (Å²) >= 11 is 0. The van der Waals surface area contributed by atoms with Crippen molar-refractivity contribution in [2.24, 2.45) is 5.92 Å². The topological polar surface area (TPSA) is 115 Å². The molecule has 242 valence electrons. The molecule has 3 atom stereocenters. The predicted octanol–water partition coefficient (Wildman–Crippen LogP) is 6.13. The molecule has 9 nitrogen and oxygen atoms in total. The summed E-state index contributed by atoms with van der Waals surface area (Å²) in [6, 6.07) is 9.66. The lowest BCUT2D eigenvalue weighted by Gasteiger charge is -2.23. The van der Waals surface area contributed by atoms with Crippen LogP contribution in [0, 0.1) is 17.6 Å². The lowest BCUT2D eigenvalue weighted by molar-refractivity contribution is -0.123. The van der Waals surface area contributed by atoms with Crippen molar-refractivity contribution < 1.29 is 40.7 Å². The Kier molecular flexibility index (Phi) is 7.28. The number of pyridine rings is 1. The number of aromatic amines is 1. The summed E-state index contributed by atoms with van der Waals surface area (Å²) in [4.78, 5) is 30.6. The third kappa shape index (κ3) is 5.38. The van der Waals surface area contributed by atoms with Crippen LogP contribution in [0.1, 0.15) is 63.4 Å². The highest BCUT2D eigenvalue weighted by Crippen LogP contribution is 2.68. The Hall–Kier alpha value is -5.21. The number of hydrogen-bond donors (Lipinski definition) is 2. The zero-order valence-corrected chi connectivity index (χ0v) is 24.4. The van der Waals surface area contributed by atoms with E-state index in [1.165, 1.54) is 25.4 Å².